The molecule has 1 aliphatic rings. The van der Waals surface area contributed by atoms with Gasteiger partial charge in [-0.15, -0.1) is 0 Å². The van der Waals surface area contributed by atoms with Crippen molar-refractivity contribution in [3.63, 3.8) is 0 Å². The van der Waals surface area contributed by atoms with Crippen molar-refractivity contribution in [3.8, 4) is 0 Å². The number of hydrogen-bond donors (Lipinski definition) is 0. The Hall–Kier alpha value is -1.48. The highest BCUT2D eigenvalue weighted by Gasteiger charge is 2.28. The lowest BCUT2D eigenvalue weighted by molar-refractivity contribution is -0.129. The molecule has 24 heavy (non-hydrogen) atoms. The first-order chi connectivity index (χ1) is 11.3. The van der Waals surface area contributed by atoms with Crippen LogP contribution in [0.1, 0.15) is 36.0 Å². The van der Waals surface area contributed by atoms with Crippen LogP contribution < -0.4 is 0 Å². The Morgan fingerprint density at radius 2 is 2.04 bits per heavy atom. The van der Waals surface area contributed by atoms with E-state index in [0.717, 1.165) is 18.9 Å². The number of benzene rings is 1. The molecule has 1 saturated carbocycles. The number of nitrogens with zero attached hydrogens (tertiary/aromatic N) is 1. The van der Waals surface area contributed by atoms with Crippen LogP contribution in [0.25, 0.3) is 0 Å². The fraction of sp³-hybridized carbons (Fsp3) is 0.467. The van der Waals surface area contributed by atoms with Crippen LogP contribution in [0.3, 0.4) is 0 Å². The smallest absolute Gasteiger partial charge is 0.338 e. The molecule has 0 bridgehead atoms. The molecule has 0 aromatic heterocycles. The Morgan fingerprint density at radius 1 is 1.33 bits per heavy atom. The van der Waals surface area contributed by atoms with Crippen molar-refractivity contribution in [2.24, 2.45) is 0 Å². The fourth-order valence-corrected chi connectivity index (χ4v) is 3.81. The summed E-state index contributed by atoms with van der Waals surface area (Å²) in [7, 11) is -1.62. The van der Waals surface area contributed by atoms with E-state index in [-0.39, 0.29) is 21.3 Å². The molecule has 1 fully saturated rings. The van der Waals surface area contributed by atoms with Crippen molar-refractivity contribution in [2.45, 2.75) is 36.7 Å². The van der Waals surface area contributed by atoms with Gasteiger partial charge in [0.2, 0.25) is 0 Å². The zero-order valence-corrected chi connectivity index (χ0v) is 14.9. The predicted molar refractivity (Wildman–Crippen MR) is 86.1 cm³/mol. The largest absolute Gasteiger partial charge is 0.451 e. The maximum atomic E-state index is 12.3. The van der Waals surface area contributed by atoms with E-state index in [4.69, 9.17) is 16.3 Å². The Bertz CT molecular complexity index is 748. The van der Waals surface area contributed by atoms with Crippen LogP contribution in [0.15, 0.2) is 23.1 Å². The molecule has 0 unspecified atom stereocenters. The van der Waals surface area contributed by atoms with E-state index in [1.54, 1.807) is 0 Å². The molecule has 1 atom stereocenters. The molecule has 9 heteroatoms. The summed E-state index contributed by atoms with van der Waals surface area (Å²) >= 11 is 5.93. The maximum absolute atomic E-state index is 12.3. The number of carbonyl (C=O) groups is 2. The monoisotopic (exact) mass is 375 g/mol. The predicted octanol–water partition coefficient (Wildman–Crippen LogP) is 2.19. The summed E-state index contributed by atoms with van der Waals surface area (Å²) < 4.78 is 30.5. The molecule has 0 radical (unpaired) electrons. The summed E-state index contributed by atoms with van der Waals surface area (Å²) in [6, 6.07) is 3.75. The third-order valence-corrected chi connectivity index (χ3v) is 5.95. The summed E-state index contributed by atoms with van der Waals surface area (Å²) in [5, 5.41) is -0.0517. The number of sulfonamides is 1. The van der Waals surface area contributed by atoms with E-state index in [2.05, 4.69) is 4.84 Å². The second-order valence-corrected chi connectivity index (χ2v) is 7.66. The Morgan fingerprint density at radius 3 is 2.67 bits per heavy atom. The topological polar surface area (TPSA) is 90.0 Å². The molecule has 7 nitrogen and oxygen atoms in total. The summed E-state index contributed by atoms with van der Waals surface area (Å²) in [5.41, 5.74) is 0.000788. The van der Waals surface area contributed by atoms with Crippen LogP contribution in [-0.4, -0.2) is 44.9 Å². The van der Waals surface area contributed by atoms with Crippen molar-refractivity contribution in [3.05, 3.63) is 28.8 Å². The molecule has 0 saturated heterocycles. The van der Waals surface area contributed by atoms with E-state index in [0.29, 0.717) is 17.3 Å². The quantitative estimate of drug-likeness (QED) is 0.578. The number of hydroxylamine groups is 1. The highest BCUT2D eigenvalue weighted by molar-refractivity contribution is 7.89. The lowest BCUT2D eigenvalue weighted by atomic mass is 9.96. The molecule has 0 heterocycles. The zero-order chi connectivity index (χ0) is 17.9. The average Bonchev–Trinajstić information content (AvgIpc) is 2.56. The second kappa shape index (κ2) is 7.60. The SMILES string of the molecule is CON(C)S(=O)(=O)c1cc(C(=O)O[C@@H]2CCCCC2=O)ccc1Cl. The summed E-state index contributed by atoms with van der Waals surface area (Å²) in [4.78, 5) is 28.4. The van der Waals surface area contributed by atoms with Crippen LogP contribution in [0.5, 0.6) is 0 Å². The van der Waals surface area contributed by atoms with E-state index >= 15 is 0 Å². The van der Waals surface area contributed by atoms with Crippen molar-refractivity contribution < 1.29 is 27.6 Å². The summed E-state index contributed by atoms with van der Waals surface area (Å²) in [6.07, 6.45) is 1.69. The number of rotatable bonds is 5. The van der Waals surface area contributed by atoms with E-state index in [1.165, 1.54) is 26.3 Å². The van der Waals surface area contributed by atoms with Gasteiger partial charge in [0.05, 0.1) is 17.7 Å². The van der Waals surface area contributed by atoms with Crippen molar-refractivity contribution in [1.29, 1.82) is 0 Å². The Labute approximate surface area is 145 Å². The number of esters is 1. The lowest BCUT2D eigenvalue weighted by Crippen LogP contribution is -2.30. The van der Waals surface area contributed by atoms with Crippen LogP contribution in [0.2, 0.25) is 5.02 Å². The minimum atomic E-state index is -4.02. The maximum Gasteiger partial charge on any atom is 0.338 e. The third-order valence-electron chi connectivity index (χ3n) is 3.79. The van der Waals surface area contributed by atoms with Crippen molar-refractivity contribution >= 4 is 33.4 Å². The van der Waals surface area contributed by atoms with Gasteiger partial charge in [0.25, 0.3) is 10.0 Å². The molecule has 0 spiro atoms. The number of hydrogen-bond acceptors (Lipinski definition) is 6. The standard InChI is InChI=1S/C15H18ClNO6S/c1-17(22-2)24(20,21)14-9-10(7-8-11(14)16)15(19)23-13-6-4-3-5-12(13)18/h7-9,13H,3-6H2,1-2H3/t13-/m1/s1. The third kappa shape index (κ3) is 3.94. The fourth-order valence-electron chi connectivity index (χ4n) is 2.34. The Balaban J connectivity index is 2.27. The van der Waals surface area contributed by atoms with E-state index in [1.807, 2.05) is 0 Å². The molecule has 132 valence electrons. The van der Waals surface area contributed by atoms with Gasteiger partial charge in [-0.05, 0) is 37.5 Å². The van der Waals surface area contributed by atoms with Crippen molar-refractivity contribution in [2.75, 3.05) is 14.2 Å². The highest BCUT2D eigenvalue weighted by Crippen LogP contribution is 2.26. The number of halogens is 1. The van der Waals surface area contributed by atoms with Gasteiger partial charge < -0.3 is 4.74 Å². The lowest BCUT2D eigenvalue weighted by Gasteiger charge is -2.21. The molecule has 1 aromatic rings. The van der Waals surface area contributed by atoms with E-state index in [9.17, 15) is 18.0 Å². The minimum Gasteiger partial charge on any atom is -0.451 e. The van der Waals surface area contributed by atoms with Gasteiger partial charge in [0.15, 0.2) is 11.9 Å². The number of Topliss-reactive ketones (excluding diaryl/α,β-unsaturated/α-hetero) is 1. The second-order valence-electron chi connectivity index (χ2n) is 5.35. The minimum absolute atomic E-state index is 0.000788. The van der Waals surface area contributed by atoms with Gasteiger partial charge in [0, 0.05) is 13.5 Å². The van der Waals surface area contributed by atoms with E-state index < -0.39 is 22.1 Å². The molecule has 2 rings (SSSR count). The zero-order valence-electron chi connectivity index (χ0n) is 13.3. The molecular weight excluding hydrogens is 358 g/mol. The summed E-state index contributed by atoms with van der Waals surface area (Å²) in [5.74, 6) is -0.876. The molecule has 0 N–H and O–H groups in total. The number of ether oxygens (including phenoxy) is 1. The average molecular weight is 376 g/mol. The van der Waals surface area contributed by atoms with Gasteiger partial charge in [-0.25, -0.2) is 13.2 Å². The molecular formula is C15H18ClNO6S. The number of carbonyl (C=O) groups excluding carboxylic acids is 2. The normalized spacial score (nSPS) is 18.7. The van der Waals surface area contributed by atoms with Gasteiger partial charge in [-0.1, -0.05) is 16.1 Å². The summed E-state index contributed by atoms with van der Waals surface area (Å²) in [6.45, 7) is 0. The highest BCUT2D eigenvalue weighted by atomic mass is 35.5. The molecule has 0 amide bonds. The molecule has 0 aliphatic heterocycles. The van der Waals surface area contributed by atoms with Crippen LogP contribution >= 0.6 is 11.6 Å². The van der Waals surface area contributed by atoms with Gasteiger partial charge in [-0.2, -0.15) is 0 Å². The van der Waals surface area contributed by atoms with Gasteiger partial charge in [0.1, 0.15) is 4.90 Å². The number of ketones is 1. The first-order valence-corrected chi connectivity index (χ1v) is 9.15. The Kier molecular flexibility index (Phi) is 5.97. The molecule has 1 aromatic carbocycles. The molecule has 1 aliphatic carbocycles. The van der Waals surface area contributed by atoms with Crippen molar-refractivity contribution in [1.82, 2.24) is 4.47 Å². The van der Waals surface area contributed by atoms with Gasteiger partial charge >= 0.3 is 5.97 Å². The first kappa shape index (κ1) is 18.9. The van der Waals surface area contributed by atoms with Crippen LogP contribution in [0, 0.1) is 0 Å². The first-order valence-electron chi connectivity index (χ1n) is 7.33. The van der Waals surface area contributed by atoms with Crippen LogP contribution in [0.4, 0.5) is 0 Å². The van der Waals surface area contributed by atoms with Gasteiger partial charge in [-0.3, -0.25) is 9.63 Å². The van der Waals surface area contributed by atoms with Crippen LogP contribution in [-0.2, 0) is 24.4 Å².